The van der Waals surface area contributed by atoms with Crippen molar-refractivity contribution in [1.82, 2.24) is 14.8 Å². The first-order valence-corrected chi connectivity index (χ1v) is 11.7. The summed E-state index contributed by atoms with van der Waals surface area (Å²) in [5.41, 5.74) is 3.91. The zero-order valence-electron chi connectivity index (χ0n) is 17.5. The zero-order valence-corrected chi connectivity index (χ0v) is 18.4. The number of ether oxygens (including phenoxy) is 1. The Morgan fingerprint density at radius 3 is 2.65 bits per heavy atom. The third kappa shape index (κ3) is 3.85. The first-order chi connectivity index (χ1) is 15.1. The summed E-state index contributed by atoms with van der Waals surface area (Å²) in [4.78, 5) is 17.6. The lowest BCUT2D eigenvalue weighted by Gasteiger charge is -2.34. The third-order valence-electron chi connectivity index (χ3n) is 5.73. The molecule has 31 heavy (non-hydrogen) atoms. The minimum absolute atomic E-state index is 0.183. The fourth-order valence-electron chi connectivity index (χ4n) is 4.27. The molecule has 5 rings (SSSR count). The Bertz CT molecular complexity index is 1140. The standard InChI is InChI=1S/C24H24N4O2S/c1-15-12-19-21(20(29)13-15)22(28-23(25-19)26-24(27-28)31-2)17-8-10-18(11-9-17)30-14-16-6-4-3-5-7-16/h3-11,15,22H,12-14H2,1-2H3,(H,25,26,27)/t15-,22+/m0/s1. The van der Waals surface area contributed by atoms with Crippen LogP contribution < -0.4 is 10.1 Å². The van der Waals surface area contributed by atoms with Crippen LogP contribution in [0.25, 0.3) is 0 Å². The van der Waals surface area contributed by atoms with Crippen LogP contribution >= 0.6 is 11.8 Å². The summed E-state index contributed by atoms with van der Waals surface area (Å²) in [6, 6.07) is 17.8. The predicted molar refractivity (Wildman–Crippen MR) is 121 cm³/mol. The number of thioether (sulfide) groups is 1. The number of hydrogen-bond acceptors (Lipinski definition) is 6. The second kappa shape index (κ2) is 8.23. The molecular formula is C24H24N4O2S. The molecule has 7 heteroatoms. The molecule has 1 aliphatic heterocycles. The van der Waals surface area contributed by atoms with Gasteiger partial charge in [0.05, 0.1) is 0 Å². The quantitative estimate of drug-likeness (QED) is 0.582. The van der Waals surface area contributed by atoms with Crippen molar-refractivity contribution in [2.45, 2.75) is 37.6 Å². The van der Waals surface area contributed by atoms with Crippen LogP contribution in [-0.4, -0.2) is 26.8 Å². The van der Waals surface area contributed by atoms with E-state index in [4.69, 9.17) is 4.74 Å². The normalized spacial score (nSPS) is 20.1. The van der Waals surface area contributed by atoms with E-state index in [0.717, 1.165) is 34.6 Å². The van der Waals surface area contributed by atoms with Crippen molar-refractivity contribution in [2.75, 3.05) is 11.6 Å². The number of ketones is 1. The van der Waals surface area contributed by atoms with Gasteiger partial charge in [0.15, 0.2) is 5.78 Å². The summed E-state index contributed by atoms with van der Waals surface area (Å²) in [6.07, 6.45) is 3.36. The number of carbonyl (C=O) groups excluding carboxylic acids is 1. The average Bonchev–Trinajstić information content (AvgIpc) is 3.20. The molecule has 0 fully saturated rings. The molecule has 1 aromatic heterocycles. The van der Waals surface area contributed by atoms with Gasteiger partial charge in [-0.3, -0.25) is 4.79 Å². The van der Waals surface area contributed by atoms with E-state index >= 15 is 0 Å². The van der Waals surface area contributed by atoms with Gasteiger partial charge in [0.25, 0.3) is 0 Å². The van der Waals surface area contributed by atoms with Gasteiger partial charge in [0.1, 0.15) is 18.4 Å². The van der Waals surface area contributed by atoms with Crippen LogP contribution in [0.2, 0.25) is 0 Å². The zero-order chi connectivity index (χ0) is 21.4. The Kier molecular flexibility index (Phi) is 5.28. The molecule has 0 saturated carbocycles. The van der Waals surface area contributed by atoms with Crippen LogP contribution in [0.4, 0.5) is 5.95 Å². The summed E-state index contributed by atoms with van der Waals surface area (Å²) < 4.78 is 7.78. The van der Waals surface area contributed by atoms with Crippen LogP contribution in [0.5, 0.6) is 5.75 Å². The Hall–Kier alpha value is -3.06. The number of nitrogens with zero attached hydrogens (tertiary/aromatic N) is 3. The fourth-order valence-corrected chi connectivity index (χ4v) is 4.62. The van der Waals surface area contributed by atoms with Crippen LogP contribution in [0.1, 0.15) is 36.9 Å². The minimum atomic E-state index is -0.275. The van der Waals surface area contributed by atoms with E-state index in [9.17, 15) is 4.79 Å². The number of Topliss-reactive ketones (excluding diaryl/α,β-unsaturated/α-hetero) is 1. The van der Waals surface area contributed by atoms with Gasteiger partial charge in [-0.05, 0) is 41.9 Å². The van der Waals surface area contributed by atoms with E-state index in [-0.39, 0.29) is 11.8 Å². The first-order valence-electron chi connectivity index (χ1n) is 10.4. The number of fused-ring (bicyclic) bond motifs is 1. The molecule has 1 aliphatic carbocycles. The third-order valence-corrected chi connectivity index (χ3v) is 6.27. The topological polar surface area (TPSA) is 69.0 Å². The Morgan fingerprint density at radius 1 is 1.13 bits per heavy atom. The van der Waals surface area contributed by atoms with Gasteiger partial charge in [-0.1, -0.05) is 61.2 Å². The Balaban J connectivity index is 1.47. The summed E-state index contributed by atoms with van der Waals surface area (Å²) in [5.74, 6) is 1.99. The van der Waals surface area contributed by atoms with Crippen molar-refractivity contribution >= 4 is 23.5 Å². The highest BCUT2D eigenvalue weighted by Gasteiger charge is 2.38. The maximum absolute atomic E-state index is 13.0. The van der Waals surface area contributed by atoms with Crippen molar-refractivity contribution in [3.8, 4) is 5.75 Å². The summed E-state index contributed by atoms with van der Waals surface area (Å²) in [5, 5.41) is 8.72. The van der Waals surface area contributed by atoms with Crippen LogP contribution in [0.3, 0.4) is 0 Å². The summed E-state index contributed by atoms with van der Waals surface area (Å²) >= 11 is 1.49. The van der Waals surface area contributed by atoms with Crippen molar-refractivity contribution in [3.05, 3.63) is 77.0 Å². The molecule has 0 bridgehead atoms. The van der Waals surface area contributed by atoms with Crippen molar-refractivity contribution in [3.63, 3.8) is 0 Å². The van der Waals surface area contributed by atoms with Gasteiger partial charge in [0.2, 0.25) is 11.1 Å². The number of hydrogen-bond donors (Lipinski definition) is 1. The summed E-state index contributed by atoms with van der Waals surface area (Å²) in [7, 11) is 0. The van der Waals surface area contributed by atoms with Crippen molar-refractivity contribution in [1.29, 1.82) is 0 Å². The minimum Gasteiger partial charge on any atom is -0.489 e. The second-order valence-corrected chi connectivity index (χ2v) is 8.84. The molecule has 2 heterocycles. The molecule has 2 atom stereocenters. The molecule has 0 saturated heterocycles. The highest BCUT2D eigenvalue weighted by Crippen LogP contribution is 2.42. The van der Waals surface area contributed by atoms with Crippen LogP contribution in [-0.2, 0) is 11.4 Å². The molecule has 0 radical (unpaired) electrons. The van der Waals surface area contributed by atoms with Gasteiger partial charge in [-0.15, -0.1) is 5.10 Å². The lowest BCUT2D eigenvalue weighted by atomic mass is 9.81. The molecular weight excluding hydrogens is 408 g/mol. The van der Waals surface area contributed by atoms with Crippen LogP contribution in [0.15, 0.2) is 71.0 Å². The largest absolute Gasteiger partial charge is 0.489 e. The number of nitrogens with one attached hydrogen (secondary N) is 1. The van der Waals surface area contributed by atoms with Gasteiger partial charge in [-0.2, -0.15) is 4.98 Å². The molecule has 0 spiro atoms. The van der Waals surface area contributed by atoms with Gasteiger partial charge in [0, 0.05) is 17.7 Å². The molecule has 2 aromatic carbocycles. The maximum atomic E-state index is 13.0. The van der Waals surface area contributed by atoms with E-state index in [1.807, 2.05) is 65.5 Å². The number of aromatic nitrogens is 3. The lowest BCUT2D eigenvalue weighted by Crippen LogP contribution is -2.33. The molecule has 6 nitrogen and oxygen atoms in total. The van der Waals surface area contributed by atoms with Gasteiger partial charge in [-0.25, -0.2) is 4.68 Å². The number of anilines is 1. The molecule has 1 N–H and O–H groups in total. The smallest absolute Gasteiger partial charge is 0.227 e. The van der Waals surface area contributed by atoms with E-state index in [0.29, 0.717) is 30.1 Å². The van der Waals surface area contributed by atoms with E-state index in [1.54, 1.807) is 0 Å². The van der Waals surface area contributed by atoms with Crippen LogP contribution in [0, 0.1) is 5.92 Å². The van der Waals surface area contributed by atoms with Gasteiger partial charge >= 0.3 is 0 Å². The van der Waals surface area contributed by atoms with Crippen molar-refractivity contribution in [2.24, 2.45) is 5.92 Å². The first kappa shape index (κ1) is 19.9. The van der Waals surface area contributed by atoms with E-state index in [1.165, 1.54) is 11.8 Å². The number of allylic oxidation sites excluding steroid dienone is 2. The predicted octanol–water partition coefficient (Wildman–Crippen LogP) is 4.85. The molecule has 3 aromatic rings. The fraction of sp³-hybridized carbons (Fsp3) is 0.292. The number of benzene rings is 2. The monoisotopic (exact) mass is 432 g/mol. The lowest BCUT2D eigenvalue weighted by molar-refractivity contribution is -0.117. The SMILES string of the molecule is CSc1nc2n(n1)[C@H](c1ccc(OCc3ccccc3)cc1)C1=C(C[C@H](C)CC1=O)N2. The Labute approximate surface area is 185 Å². The van der Waals surface area contributed by atoms with Crippen molar-refractivity contribution < 1.29 is 9.53 Å². The highest BCUT2D eigenvalue weighted by molar-refractivity contribution is 7.98. The second-order valence-electron chi connectivity index (χ2n) is 8.07. The maximum Gasteiger partial charge on any atom is 0.227 e. The van der Waals surface area contributed by atoms with E-state index < -0.39 is 0 Å². The summed E-state index contributed by atoms with van der Waals surface area (Å²) in [6.45, 7) is 2.63. The number of carbonyl (C=O) groups is 1. The molecule has 158 valence electrons. The molecule has 0 unspecified atom stereocenters. The molecule has 2 aliphatic rings. The molecule has 0 amide bonds. The average molecular weight is 433 g/mol. The number of rotatable bonds is 5. The van der Waals surface area contributed by atoms with Gasteiger partial charge < -0.3 is 10.1 Å². The Morgan fingerprint density at radius 2 is 1.90 bits per heavy atom. The highest BCUT2D eigenvalue weighted by atomic mass is 32.2. The van der Waals surface area contributed by atoms with E-state index in [2.05, 4.69) is 22.3 Å².